The summed E-state index contributed by atoms with van der Waals surface area (Å²) in [5.41, 5.74) is 3.54. The van der Waals surface area contributed by atoms with E-state index >= 15 is 0 Å². The van der Waals surface area contributed by atoms with Gasteiger partial charge in [-0.3, -0.25) is 0 Å². The van der Waals surface area contributed by atoms with Gasteiger partial charge in [-0.25, -0.2) is 4.39 Å². The highest BCUT2D eigenvalue weighted by Gasteiger charge is 2.36. The van der Waals surface area contributed by atoms with Crippen molar-refractivity contribution >= 4 is 24.0 Å². The maximum atomic E-state index is 13.6. The molecule has 0 bridgehead atoms. The van der Waals surface area contributed by atoms with Crippen molar-refractivity contribution in [3.8, 4) is 0 Å². The Bertz CT molecular complexity index is 412. The fourth-order valence-electron chi connectivity index (χ4n) is 1.46. The van der Waals surface area contributed by atoms with E-state index in [0.717, 1.165) is 6.07 Å². The van der Waals surface area contributed by atoms with Gasteiger partial charge in [0.2, 0.25) is 0 Å². The van der Waals surface area contributed by atoms with Crippen LogP contribution < -0.4 is 5.73 Å². The summed E-state index contributed by atoms with van der Waals surface area (Å²) < 4.78 is 51.5. The average Bonchev–Trinajstić information content (AvgIpc) is 2.20. The molecule has 0 aliphatic heterocycles. The van der Waals surface area contributed by atoms with Crippen LogP contribution in [0, 0.1) is 5.82 Å². The molecule has 0 aliphatic rings. The zero-order valence-corrected chi connectivity index (χ0v) is 10.5. The predicted octanol–water partition coefficient (Wildman–Crippen LogP) is 3.30. The molecule has 8 heteroatoms. The lowest BCUT2D eigenvalue weighted by Crippen LogP contribution is -2.20. The average molecular weight is 308 g/mol. The summed E-state index contributed by atoms with van der Waals surface area (Å²) in [7, 11) is 0. The second-order valence-electron chi connectivity index (χ2n) is 3.44. The molecule has 0 aliphatic carbocycles. The minimum absolute atomic E-state index is 0. The van der Waals surface area contributed by atoms with Crippen molar-refractivity contribution in [2.24, 2.45) is 5.73 Å². The molecule has 2 nitrogen and oxygen atoms in total. The molecule has 0 saturated heterocycles. The zero-order chi connectivity index (χ0) is 13.2. The van der Waals surface area contributed by atoms with E-state index in [1.165, 1.54) is 0 Å². The van der Waals surface area contributed by atoms with Crippen molar-refractivity contribution in [2.45, 2.75) is 18.6 Å². The molecule has 0 saturated carbocycles. The van der Waals surface area contributed by atoms with Crippen LogP contribution in [0.3, 0.4) is 0 Å². The lowest BCUT2D eigenvalue weighted by Gasteiger charge is -2.19. The molecule has 1 atom stereocenters. The van der Waals surface area contributed by atoms with Crippen LogP contribution in [0.1, 0.15) is 23.6 Å². The first-order chi connectivity index (χ1) is 7.79. The number of alkyl halides is 3. The molecule has 0 heterocycles. The Morgan fingerprint density at radius 1 is 1.33 bits per heavy atom. The smallest absolute Gasteiger partial charge is 0.396 e. The minimum atomic E-state index is -4.71. The minimum Gasteiger partial charge on any atom is -0.396 e. The van der Waals surface area contributed by atoms with E-state index < -0.39 is 40.8 Å². The van der Waals surface area contributed by atoms with Crippen LogP contribution in [-0.2, 0) is 6.18 Å². The van der Waals surface area contributed by atoms with Crippen molar-refractivity contribution in [3.63, 3.8) is 0 Å². The highest BCUT2D eigenvalue weighted by atomic mass is 35.5. The van der Waals surface area contributed by atoms with Crippen LogP contribution in [0.25, 0.3) is 0 Å². The van der Waals surface area contributed by atoms with E-state index in [4.69, 9.17) is 22.4 Å². The molecule has 1 aromatic rings. The van der Waals surface area contributed by atoms with Gasteiger partial charge in [0.05, 0.1) is 10.6 Å². The number of hydrogen-bond donors (Lipinski definition) is 2. The van der Waals surface area contributed by atoms with Crippen LogP contribution in [0.15, 0.2) is 12.1 Å². The Morgan fingerprint density at radius 2 is 1.89 bits per heavy atom. The Labute approximate surface area is 112 Å². The summed E-state index contributed by atoms with van der Waals surface area (Å²) in [5, 5.41) is 8.21. The molecule has 0 fully saturated rings. The molecule has 18 heavy (non-hydrogen) atoms. The Balaban J connectivity index is 0.00000289. The first-order valence-electron chi connectivity index (χ1n) is 4.70. The molecule has 0 spiro atoms. The lowest BCUT2D eigenvalue weighted by atomic mass is 9.97. The largest absolute Gasteiger partial charge is 0.416 e. The van der Waals surface area contributed by atoms with Crippen LogP contribution in [0.5, 0.6) is 0 Å². The van der Waals surface area contributed by atoms with E-state index in [9.17, 15) is 17.6 Å². The van der Waals surface area contributed by atoms with Gasteiger partial charge in [0, 0.05) is 18.2 Å². The molecule has 0 radical (unpaired) electrons. The number of rotatable bonds is 3. The van der Waals surface area contributed by atoms with Crippen LogP contribution >= 0.6 is 24.0 Å². The number of aliphatic hydroxyl groups is 1. The van der Waals surface area contributed by atoms with Gasteiger partial charge in [-0.05, 0) is 18.6 Å². The third kappa shape index (κ3) is 3.71. The number of nitrogens with two attached hydrogens (primary N) is 1. The maximum absolute atomic E-state index is 13.6. The standard InChI is InChI=1S/C10H10ClF4NO.ClH/c11-6-2-1-5(10(13,14)15)8(9(6)12)7(16)3-4-17;/h1-2,7,17H,3-4,16H2;1H/t7-;/m0./s1. The van der Waals surface area contributed by atoms with Crippen molar-refractivity contribution < 1.29 is 22.7 Å². The normalized spacial score (nSPS) is 13.1. The zero-order valence-electron chi connectivity index (χ0n) is 8.97. The third-order valence-electron chi connectivity index (χ3n) is 2.25. The molecule has 1 aromatic carbocycles. The molecule has 0 amide bonds. The van der Waals surface area contributed by atoms with Gasteiger partial charge in [-0.1, -0.05) is 11.6 Å². The third-order valence-corrected chi connectivity index (χ3v) is 2.54. The molecule has 3 N–H and O–H groups in total. The van der Waals surface area contributed by atoms with Crippen molar-refractivity contribution in [3.05, 3.63) is 34.1 Å². The van der Waals surface area contributed by atoms with Crippen LogP contribution in [0.2, 0.25) is 5.02 Å². The molecular weight excluding hydrogens is 297 g/mol. The van der Waals surface area contributed by atoms with E-state index in [-0.39, 0.29) is 18.8 Å². The van der Waals surface area contributed by atoms with Crippen molar-refractivity contribution in [1.82, 2.24) is 0 Å². The lowest BCUT2D eigenvalue weighted by molar-refractivity contribution is -0.138. The van der Waals surface area contributed by atoms with Gasteiger partial charge in [0.25, 0.3) is 0 Å². The second-order valence-corrected chi connectivity index (χ2v) is 3.85. The molecular formula is C10H11Cl2F4NO. The number of benzene rings is 1. The van der Waals surface area contributed by atoms with E-state index in [1.807, 2.05) is 0 Å². The Kier molecular flexibility index (Phi) is 6.36. The van der Waals surface area contributed by atoms with Gasteiger partial charge in [0.1, 0.15) is 5.82 Å². The Hall–Kier alpha value is -0.560. The fraction of sp³-hybridized carbons (Fsp3) is 0.400. The highest BCUT2D eigenvalue weighted by Crippen LogP contribution is 2.38. The summed E-state index contributed by atoms with van der Waals surface area (Å²) >= 11 is 5.42. The Morgan fingerprint density at radius 3 is 2.33 bits per heavy atom. The summed E-state index contributed by atoms with van der Waals surface area (Å²) in [6.07, 6.45) is -4.89. The first-order valence-corrected chi connectivity index (χ1v) is 5.08. The van der Waals surface area contributed by atoms with Gasteiger partial charge < -0.3 is 10.8 Å². The maximum Gasteiger partial charge on any atom is 0.416 e. The predicted molar refractivity (Wildman–Crippen MR) is 62.3 cm³/mol. The SMILES string of the molecule is Cl.N[C@@H](CCO)c1c(C(F)(F)F)ccc(Cl)c1F. The van der Waals surface area contributed by atoms with Crippen LogP contribution in [-0.4, -0.2) is 11.7 Å². The van der Waals surface area contributed by atoms with Crippen molar-refractivity contribution in [2.75, 3.05) is 6.61 Å². The highest BCUT2D eigenvalue weighted by molar-refractivity contribution is 6.30. The monoisotopic (exact) mass is 307 g/mol. The van der Waals surface area contributed by atoms with Crippen molar-refractivity contribution in [1.29, 1.82) is 0 Å². The van der Waals surface area contributed by atoms with Crippen LogP contribution in [0.4, 0.5) is 17.6 Å². The molecule has 0 aromatic heterocycles. The first kappa shape index (κ1) is 17.4. The van der Waals surface area contributed by atoms with Gasteiger partial charge in [0.15, 0.2) is 0 Å². The van der Waals surface area contributed by atoms with Gasteiger partial charge in [-0.2, -0.15) is 13.2 Å². The number of aliphatic hydroxyl groups excluding tert-OH is 1. The molecule has 1 rings (SSSR count). The summed E-state index contributed by atoms with van der Waals surface area (Å²) in [5.74, 6) is -1.19. The second kappa shape index (κ2) is 6.56. The topological polar surface area (TPSA) is 46.2 Å². The summed E-state index contributed by atoms with van der Waals surface area (Å²) in [6, 6.07) is 0.252. The van der Waals surface area contributed by atoms with E-state index in [0.29, 0.717) is 6.07 Å². The molecule has 0 unspecified atom stereocenters. The fourth-order valence-corrected chi connectivity index (χ4v) is 1.62. The molecule has 104 valence electrons. The van der Waals surface area contributed by atoms with Gasteiger partial charge in [-0.15, -0.1) is 12.4 Å². The van der Waals surface area contributed by atoms with E-state index in [2.05, 4.69) is 0 Å². The quantitative estimate of drug-likeness (QED) is 0.842. The number of halogens is 6. The summed E-state index contributed by atoms with van der Waals surface area (Å²) in [4.78, 5) is 0. The summed E-state index contributed by atoms with van der Waals surface area (Å²) in [6.45, 7) is -0.440. The number of hydrogen-bond acceptors (Lipinski definition) is 2. The van der Waals surface area contributed by atoms with E-state index in [1.54, 1.807) is 0 Å². The van der Waals surface area contributed by atoms with Gasteiger partial charge >= 0.3 is 6.18 Å².